The van der Waals surface area contributed by atoms with Gasteiger partial charge >= 0.3 is 0 Å². The molecule has 3 heterocycles. The van der Waals surface area contributed by atoms with Gasteiger partial charge in [-0.1, -0.05) is 37.3 Å². The Balaban J connectivity index is 1.33. The number of carbonyl (C=O) groups is 2. The molecule has 8 heteroatoms. The number of hydrogen-bond donors (Lipinski definition) is 1. The van der Waals surface area contributed by atoms with E-state index in [1.807, 2.05) is 49.6 Å². The van der Waals surface area contributed by atoms with Crippen molar-refractivity contribution in [3.8, 4) is 11.1 Å². The Morgan fingerprint density at radius 2 is 2.00 bits per heavy atom. The van der Waals surface area contributed by atoms with E-state index in [1.165, 1.54) is 11.3 Å². The number of amides is 2. The number of hydrogen-bond acceptors (Lipinski definition) is 6. The van der Waals surface area contributed by atoms with Crippen molar-refractivity contribution in [2.75, 3.05) is 37.4 Å². The Morgan fingerprint density at radius 3 is 2.72 bits per heavy atom. The summed E-state index contributed by atoms with van der Waals surface area (Å²) in [4.78, 5) is 39.8. The second-order valence-corrected chi connectivity index (χ2v) is 10.8. The van der Waals surface area contributed by atoms with Crippen LogP contribution in [0.5, 0.6) is 0 Å². The summed E-state index contributed by atoms with van der Waals surface area (Å²) in [7, 11) is 3.94. The van der Waals surface area contributed by atoms with Gasteiger partial charge in [0.05, 0.1) is 5.41 Å². The first-order valence-corrected chi connectivity index (χ1v) is 13.2. The Bertz CT molecular complexity index is 1320. The van der Waals surface area contributed by atoms with Gasteiger partial charge in [0.15, 0.2) is 5.13 Å². The van der Waals surface area contributed by atoms with Crippen LogP contribution in [-0.4, -0.2) is 53.9 Å². The van der Waals surface area contributed by atoms with Gasteiger partial charge in [-0.25, -0.2) is 9.97 Å². The molecule has 0 spiro atoms. The molecule has 36 heavy (non-hydrogen) atoms. The second kappa shape index (κ2) is 9.95. The number of fused-ring (bicyclic) bond motifs is 1. The number of thiazole rings is 1. The van der Waals surface area contributed by atoms with Gasteiger partial charge in [-0.3, -0.25) is 14.5 Å². The summed E-state index contributed by atoms with van der Waals surface area (Å²) in [5.41, 5.74) is 3.62. The molecule has 186 valence electrons. The lowest BCUT2D eigenvalue weighted by atomic mass is 9.92. The predicted molar refractivity (Wildman–Crippen MR) is 144 cm³/mol. The zero-order valence-corrected chi connectivity index (χ0v) is 21.8. The number of aryl methyl sites for hydroxylation is 1. The average Bonchev–Trinajstić information content (AvgIpc) is 3.39. The molecule has 0 atom stereocenters. The number of aromatic nitrogens is 2. The molecule has 1 fully saturated rings. The zero-order valence-electron chi connectivity index (χ0n) is 21.0. The maximum Gasteiger partial charge on any atom is 0.251 e. The predicted octanol–water partition coefficient (Wildman–Crippen LogP) is 4.44. The van der Waals surface area contributed by atoms with Gasteiger partial charge in [-0.2, -0.15) is 0 Å². The van der Waals surface area contributed by atoms with Gasteiger partial charge in [-0.05, 0) is 62.5 Å². The lowest BCUT2D eigenvalue weighted by molar-refractivity contribution is -0.118. The van der Waals surface area contributed by atoms with E-state index in [1.54, 1.807) is 11.0 Å². The molecule has 0 radical (unpaired) electrons. The minimum atomic E-state index is -0.500. The fraction of sp³-hybridized carbons (Fsp3) is 0.357. The number of benzene rings is 1. The minimum Gasteiger partial charge on any atom is -0.306 e. The molecule has 2 aliphatic rings. The summed E-state index contributed by atoms with van der Waals surface area (Å²) in [6.45, 7) is 3.44. The molecule has 2 amide bonds. The largest absolute Gasteiger partial charge is 0.306 e. The van der Waals surface area contributed by atoms with Crippen molar-refractivity contribution >= 4 is 34.1 Å². The van der Waals surface area contributed by atoms with Crippen LogP contribution >= 0.6 is 11.3 Å². The molecule has 1 aliphatic heterocycles. The monoisotopic (exact) mass is 501 g/mol. The molecule has 7 nitrogen and oxygen atoms in total. The number of likely N-dealkylation sites (N-methyl/N-ethyl adjacent to an activating group) is 1. The molecule has 1 aliphatic carbocycles. The van der Waals surface area contributed by atoms with Crippen LogP contribution in [0.4, 0.5) is 10.9 Å². The maximum absolute atomic E-state index is 13.2. The number of nitrogens with one attached hydrogen (secondary N) is 1. The highest BCUT2D eigenvalue weighted by atomic mass is 32.1. The van der Waals surface area contributed by atoms with E-state index in [0.717, 1.165) is 65.2 Å². The quantitative estimate of drug-likeness (QED) is 0.462. The van der Waals surface area contributed by atoms with Crippen molar-refractivity contribution in [3.05, 3.63) is 70.9 Å². The minimum absolute atomic E-state index is 0.0141. The SMILES string of the molecule is CCc1cnc(NC(=O)C2(c3cccc(-c4cnc5c(c4)CCN5C(=O)C=CCN(C)C)c3)CC2)s1. The topological polar surface area (TPSA) is 78.4 Å². The van der Waals surface area contributed by atoms with Crippen molar-refractivity contribution in [2.24, 2.45) is 0 Å². The van der Waals surface area contributed by atoms with Crippen molar-refractivity contribution in [3.63, 3.8) is 0 Å². The van der Waals surface area contributed by atoms with E-state index in [4.69, 9.17) is 0 Å². The summed E-state index contributed by atoms with van der Waals surface area (Å²) in [6, 6.07) is 10.3. The Hall–Kier alpha value is -3.36. The highest BCUT2D eigenvalue weighted by Gasteiger charge is 2.51. The van der Waals surface area contributed by atoms with Gasteiger partial charge in [0.25, 0.3) is 5.91 Å². The Kier molecular flexibility index (Phi) is 6.73. The summed E-state index contributed by atoms with van der Waals surface area (Å²) in [5.74, 6) is 0.716. The smallest absolute Gasteiger partial charge is 0.251 e. The van der Waals surface area contributed by atoms with E-state index >= 15 is 0 Å². The van der Waals surface area contributed by atoms with Gasteiger partial charge in [0.1, 0.15) is 5.82 Å². The van der Waals surface area contributed by atoms with Gasteiger partial charge < -0.3 is 10.2 Å². The maximum atomic E-state index is 13.2. The van der Waals surface area contributed by atoms with Crippen LogP contribution in [0.25, 0.3) is 11.1 Å². The summed E-state index contributed by atoms with van der Waals surface area (Å²) in [6.07, 6.45) is 10.5. The number of anilines is 2. The molecular formula is C28H31N5O2S. The van der Waals surface area contributed by atoms with Crippen LogP contribution in [0.1, 0.15) is 35.8 Å². The van der Waals surface area contributed by atoms with Crippen LogP contribution in [-0.2, 0) is 27.8 Å². The van der Waals surface area contributed by atoms with Gasteiger partial charge in [0, 0.05) is 42.0 Å². The summed E-state index contributed by atoms with van der Waals surface area (Å²) in [5, 5.41) is 3.70. The highest BCUT2D eigenvalue weighted by Crippen LogP contribution is 2.50. The normalized spacial score (nSPS) is 15.9. The van der Waals surface area contributed by atoms with E-state index in [2.05, 4.69) is 40.4 Å². The molecule has 0 bridgehead atoms. The third-order valence-corrected chi connectivity index (χ3v) is 7.91. The van der Waals surface area contributed by atoms with Crippen LogP contribution in [0.2, 0.25) is 0 Å². The molecular weight excluding hydrogens is 470 g/mol. The first-order chi connectivity index (χ1) is 17.4. The lowest BCUT2D eigenvalue weighted by Crippen LogP contribution is -2.28. The second-order valence-electron chi connectivity index (χ2n) is 9.71. The first-order valence-electron chi connectivity index (χ1n) is 12.4. The van der Waals surface area contributed by atoms with E-state index in [0.29, 0.717) is 11.7 Å². The molecule has 3 aromatic rings. The molecule has 2 aromatic heterocycles. The standard InChI is InChI=1S/C28H31N5O2S/c1-4-23-18-30-27(36-23)31-26(35)28(11-12-28)22-8-5-7-19(16-22)21-15-20-10-14-33(25(20)29-17-21)24(34)9-6-13-32(2)3/h5-9,15-18H,4,10-14H2,1-3H3,(H,30,31,35). The van der Waals surface area contributed by atoms with E-state index in [9.17, 15) is 9.59 Å². The number of pyridine rings is 1. The fourth-order valence-corrected chi connectivity index (χ4v) is 5.36. The number of rotatable bonds is 8. The van der Waals surface area contributed by atoms with Crippen LogP contribution in [0, 0.1) is 0 Å². The Labute approximate surface area is 215 Å². The first kappa shape index (κ1) is 24.3. The van der Waals surface area contributed by atoms with Crippen molar-refractivity contribution in [1.82, 2.24) is 14.9 Å². The van der Waals surface area contributed by atoms with Crippen LogP contribution in [0.3, 0.4) is 0 Å². The van der Waals surface area contributed by atoms with Crippen molar-refractivity contribution < 1.29 is 9.59 Å². The third kappa shape index (κ3) is 4.83. The molecule has 5 rings (SSSR count). The van der Waals surface area contributed by atoms with Crippen molar-refractivity contribution in [2.45, 2.75) is 38.0 Å². The zero-order chi connectivity index (χ0) is 25.3. The highest BCUT2D eigenvalue weighted by molar-refractivity contribution is 7.15. The summed E-state index contributed by atoms with van der Waals surface area (Å²) < 4.78 is 0. The molecule has 0 unspecified atom stereocenters. The number of nitrogens with zero attached hydrogens (tertiary/aromatic N) is 4. The molecule has 0 saturated heterocycles. The molecule has 1 aromatic carbocycles. The lowest BCUT2D eigenvalue weighted by Gasteiger charge is -2.17. The average molecular weight is 502 g/mol. The van der Waals surface area contributed by atoms with E-state index in [-0.39, 0.29) is 11.8 Å². The van der Waals surface area contributed by atoms with E-state index < -0.39 is 5.41 Å². The van der Waals surface area contributed by atoms with Gasteiger partial charge in [0.2, 0.25) is 5.91 Å². The van der Waals surface area contributed by atoms with Crippen molar-refractivity contribution in [1.29, 1.82) is 0 Å². The Morgan fingerprint density at radius 1 is 1.17 bits per heavy atom. The van der Waals surface area contributed by atoms with Crippen LogP contribution < -0.4 is 10.2 Å². The fourth-order valence-electron chi connectivity index (χ4n) is 4.61. The molecule has 1 N–H and O–H groups in total. The summed E-state index contributed by atoms with van der Waals surface area (Å²) >= 11 is 1.53. The van der Waals surface area contributed by atoms with Gasteiger partial charge in [-0.15, -0.1) is 11.3 Å². The van der Waals surface area contributed by atoms with Crippen LogP contribution in [0.15, 0.2) is 54.9 Å². The molecule has 1 saturated carbocycles. The third-order valence-electron chi connectivity index (χ3n) is 6.86. The number of carbonyl (C=O) groups excluding carboxylic acids is 2.